The molecule has 4 rings (SSSR count). The van der Waals surface area contributed by atoms with Crippen LogP contribution in [0.1, 0.15) is 30.9 Å². The van der Waals surface area contributed by atoms with Gasteiger partial charge in [0.05, 0.1) is 31.2 Å². The molecule has 2 aliphatic heterocycles. The third-order valence-corrected chi connectivity index (χ3v) is 8.59. The smallest absolute Gasteiger partial charge is 0.247 e. The van der Waals surface area contributed by atoms with E-state index in [4.69, 9.17) is 4.74 Å². The Morgan fingerprint density at radius 2 is 1.70 bits per heavy atom. The Kier molecular flexibility index (Phi) is 8.20. The third kappa shape index (κ3) is 5.97. The number of amides is 2. The number of hydrogen-bond acceptors (Lipinski definition) is 6. The number of anilines is 1. The van der Waals surface area contributed by atoms with Gasteiger partial charge in [0.2, 0.25) is 21.8 Å². The number of rotatable bonds is 9. The van der Waals surface area contributed by atoms with Crippen molar-refractivity contribution in [2.24, 2.45) is 0 Å². The summed E-state index contributed by atoms with van der Waals surface area (Å²) in [6.45, 7) is 3.45. The van der Waals surface area contributed by atoms with Crippen LogP contribution in [0, 0.1) is 0 Å². The molecule has 0 bridgehead atoms. The van der Waals surface area contributed by atoms with Crippen LogP contribution in [0.4, 0.5) is 5.69 Å². The van der Waals surface area contributed by atoms with Crippen LogP contribution in [0.5, 0.6) is 0 Å². The highest BCUT2D eigenvalue weighted by Gasteiger charge is 2.47. The number of nitrogens with zero attached hydrogens (tertiary/aromatic N) is 2. The van der Waals surface area contributed by atoms with Crippen molar-refractivity contribution < 1.29 is 22.7 Å². The maximum Gasteiger partial charge on any atom is 0.247 e. The van der Waals surface area contributed by atoms with E-state index in [2.05, 4.69) is 10.6 Å². The molecule has 2 N–H and O–H groups in total. The van der Waals surface area contributed by atoms with E-state index in [9.17, 15) is 18.0 Å². The van der Waals surface area contributed by atoms with Crippen LogP contribution >= 0.6 is 0 Å². The lowest BCUT2D eigenvalue weighted by Crippen LogP contribution is -2.57. The van der Waals surface area contributed by atoms with Gasteiger partial charge in [-0.2, -0.15) is 0 Å². The molecule has 0 aromatic heterocycles. The van der Waals surface area contributed by atoms with Gasteiger partial charge in [-0.05, 0) is 44.0 Å². The number of benzene rings is 2. The number of fused-ring (bicyclic) bond motifs is 2. The van der Waals surface area contributed by atoms with Gasteiger partial charge in [0.15, 0.2) is 0 Å². The van der Waals surface area contributed by atoms with Crippen LogP contribution in [-0.2, 0) is 36.4 Å². The Bertz CT molecular complexity index is 1210. The minimum Gasteiger partial charge on any atom is -0.374 e. The quantitative estimate of drug-likeness (QED) is 0.512. The third-order valence-electron chi connectivity index (χ3n) is 7.46. The van der Waals surface area contributed by atoms with Crippen LogP contribution in [0.25, 0.3) is 0 Å². The summed E-state index contributed by atoms with van der Waals surface area (Å²) in [7, 11) is -1.72. The number of carbonyl (C=O) groups is 2. The summed E-state index contributed by atoms with van der Waals surface area (Å²) in [5, 5.41) is 5.75. The first-order valence-electron chi connectivity index (χ1n) is 12.6. The molecule has 2 aliphatic rings. The van der Waals surface area contributed by atoms with Crippen LogP contribution in [0.2, 0.25) is 0 Å². The average Bonchev–Trinajstić information content (AvgIpc) is 3.22. The van der Waals surface area contributed by atoms with E-state index in [-0.39, 0.29) is 23.8 Å². The second kappa shape index (κ2) is 11.2. The number of carbonyl (C=O) groups excluding carboxylic acids is 2. The topological polar surface area (TPSA) is 108 Å². The fourth-order valence-electron chi connectivity index (χ4n) is 5.16. The fourth-order valence-corrected chi connectivity index (χ4v) is 6.15. The van der Waals surface area contributed by atoms with E-state index in [0.717, 1.165) is 16.8 Å². The Morgan fingerprint density at radius 1 is 1.05 bits per heavy atom. The van der Waals surface area contributed by atoms with E-state index in [1.807, 2.05) is 54.6 Å². The van der Waals surface area contributed by atoms with Gasteiger partial charge in [0.1, 0.15) is 6.04 Å². The highest BCUT2D eigenvalue weighted by Crippen LogP contribution is 2.47. The molecule has 0 aliphatic carbocycles. The maximum atomic E-state index is 13.6. The molecule has 2 aromatic carbocycles. The molecule has 0 radical (unpaired) electrons. The molecule has 2 atom stereocenters. The predicted molar refractivity (Wildman–Crippen MR) is 143 cm³/mol. The first-order chi connectivity index (χ1) is 17.6. The van der Waals surface area contributed by atoms with Gasteiger partial charge in [0.25, 0.3) is 0 Å². The molecule has 2 amide bonds. The lowest BCUT2D eigenvalue weighted by Gasteiger charge is -2.41. The van der Waals surface area contributed by atoms with Crippen molar-refractivity contribution in [3.8, 4) is 0 Å². The van der Waals surface area contributed by atoms with Crippen LogP contribution in [-0.4, -0.2) is 76.8 Å². The molecular formula is C27H36N4O5S. The summed E-state index contributed by atoms with van der Waals surface area (Å²) in [6, 6.07) is 16.0. The molecule has 2 heterocycles. The molecule has 1 spiro atoms. The minimum atomic E-state index is -3.41. The number of likely N-dealkylation sites (N-methyl/N-ethyl adjacent to an activating group) is 1. The minimum absolute atomic E-state index is 0.0578. The SMILES string of the molecule is CN[C@@H](C)C(=O)N[C@H](COCc1ccccc1)C(=O)N1CCC2(CC1)CN(S(C)(=O)=O)c1ccccc12. The number of nitrogens with one attached hydrogen (secondary N) is 2. The second-order valence-corrected chi connectivity index (χ2v) is 11.9. The van der Waals surface area contributed by atoms with Crippen molar-refractivity contribution in [2.75, 3.05) is 43.8 Å². The van der Waals surface area contributed by atoms with Gasteiger partial charge in [0, 0.05) is 25.0 Å². The first-order valence-corrected chi connectivity index (χ1v) is 14.4. The van der Waals surface area contributed by atoms with Crippen molar-refractivity contribution >= 4 is 27.5 Å². The van der Waals surface area contributed by atoms with E-state index in [1.165, 1.54) is 10.6 Å². The molecule has 0 unspecified atom stereocenters. The standard InChI is InChI=1S/C27H36N4O5S/c1-20(28-2)25(32)29-23(18-36-17-21-9-5-4-6-10-21)26(33)30-15-13-27(14-16-30)19-31(37(3,34)35)24-12-8-7-11-22(24)27/h4-12,20,23,28H,13-19H2,1-3H3,(H,29,32)/t20-,23+/m0/s1. The summed E-state index contributed by atoms with van der Waals surface area (Å²) in [4.78, 5) is 27.9. The number of para-hydroxylation sites is 1. The van der Waals surface area contributed by atoms with Crippen molar-refractivity contribution in [1.29, 1.82) is 0 Å². The number of piperidine rings is 1. The van der Waals surface area contributed by atoms with Gasteiger partial charge in [-0.25, -0.2) is 8.42 Å². The molecular weight excluding hydrogens is 492 g/mol. The van der Waals surface area contributed by atoms with Crippen molar-refractivity contribution in [3.63, 3.8) is 0 Å². The normalized spacial score (nSPS) is 18.4. The largest absolute Gasteiger partial charge is 0.374 e. The molecule has 200 valence electrons. The molecule has 2 aromatic rings. The molecule has 1 saturated heterocycles. The number of likely N-dealkylation sites (tertiary alicyclic amines) is 1. The monoisotopic (exact) mass is 528 g/mol. The molecule has 0 saturated carbocycles. The zero-order chi connectivity index (χ0) is 26.6. The zero-order valence-corrected chi connectivity index (χ0v) is 22.5. The summed E-state index contributed by atoms with van der Waals surface area (Å²) >= 11 is 0. The lowest BCUT2D eigenvalue weighted by atomic mass is 9.74. The molecule has 9 nitrogen and oxygen atoms in total. The maximum absolute atomic E-state index is 13.6. The van der Waals surface area contributed by atoms with E-state index >= 15 is 0 Å². The van der Waals surface area contributed by atoms with Crippen molar-refractivity contribution in [3.05, 3.63) is 65.7 Å². The second-order valence-electron chi connectivity index (χ2n) is 9.96. The Labute approximate surface area is 219 Å². The summed E-state index contributed by atoms with van der Waals surface area (Å²) in [5.74, 6) is -0.461. The Hall–Kier alpha value is -2.95. The average molecular weight is 529 g/mol. The van der Waals surface area contributed by atoms with Gasteiger partial charge >= 0.3 is 0 Å². The van der Waals surface area contributed by atoms with Crippen molar-refractivity contribution in [2.45, 2.75) is 43.9 Å². The van der Waals surface area contributed by atoms with Crippen LogP contribution in [0.15, 0.2) is 54.6 Å². The number of hydrogen-bond donors (Lipinski definition) is 2. The lowest BCUT2D eigenvalue weighted by molar-refractivity contribution is -0.140. The summed E-state index contributed by atoms with van der Waals surface area (Å²) in [6.07, 6.45) is 2.51. The van der Waals surface area contributed by atoms with Crippen LogP contribution < -0.4 is 14.9 Å². The first kappa shape index (κ1) is 27.1. The fraction of sp³-hybridized carbons (Fsp3) is 0.481. The van der Waals surface area contributed by atoms with Gasteiger partial charge in [-0.3, -0.25) is 13.9 Å². The molecule has 1 fully saturated rings. The Morgan fingerprint density at radius 3 is 2.35 bits per heavy atom. The van der Waals surface area contributed by atoms with E-state index < -0.39 is 22.1 Å². The molecule has 37 heavy (non-hydrogen) atoms. The van der Waals surface area contributed by atoms with Crippen LogP contribution in [0.3, 0.4) is 0 Å². The zero-order valence-electron chi connectivity index (χ0n) is 21.6. The van der Waals surface area contributed by atoms with Gasteiger partial charge in [-0.1, -0.05) is 48.5 Å². The van der Waals surface area contributed by atoms with E-state index in [0.29, 0.717) is 39.1 Å². The highest BCUT2D eigenvalue weighted by molar-refractivity contribution is 7.92. The number of sulfonamides is 1. The van der Waals surface area contributed by atoms with Crippen molar-refractivity contribution in [1.82, 2.24) is 15.5 Å². The summed E-state index contributed by atoms with van der Waals surface area (Å²) < 4.78 is 32.3. The highest BCUT2D eigenvalue weighted by atomic mass is 32.2. The Balaban J connectivity index is 1.45. The van der Waals surface area contributed by atoms with E-state index in [1.54, 1.807) is 18.9 Å². The van der Waals surface area contributed by atoms with Gasteiger partial charge in [-0.15, -0.1) is 0 Å². The summed E-state index contributed by atoms with van der Waals surface area (Å²) in [5.41, 5.74) is 2.40. The predicted octanol–water partition coefficient (Wildman–Crippen LogP) is 1.64. The molecule has 10 heteroatoms. The van der Waals surface area contributed by atoms with Gasteiger partial charge < -0.3 is 20.3 Å². The number of ether oxygens (including phenoxy) is 1.